The molecular weight excluding hydrogens is 404 g/mol. The van der Waals surface area contributed by atoms with Crippen molar-refractivity contribution in [1.29, 1.82) is 0 Å². The molecule has 0 saturated carbocycles. The molecule has 5 nitrogen and oxygen atoms in total. The van der Waals surface area contributed by atoms with Gasteiger partial charge in [0.1, 0.15) is 18.1 Å². The first-order valence-electron chi connectivity index (χ1n) is 10.5. The third kappa shape index (κ3) is 5.97. The summed E-state index contributed by atoms with van der Waals surface area (Å²) >= 11 is 0. The average Bonchev–Trinajstić information content (AvgIpc) is 2.83. The second-order valence-electron chi connectivity index (χ2n) is 7.56. The van der Waals surface area contributed by atoms with Crippen LogP contribution >= 0.6 is 0 Å². The van der Waals surface area contributed by atoms with Crippen molar-refractivity contribution in [2.24, 2.45) is 0 Å². The summed E-state index contributed by atoms with van der Waals surface area (Å²) in [6.07, 6.45) is 0.554. The zero-order valence-corrected chi connectivity index (χ0v) is 18.7. The Bertz CT molecular complexity index is 1070. The molecule has 0 spiro atoms. The Hall–Kier alpha value is -3.60. The number of carbonyl (C=O) groups excluding carboxylic acids is 2. The fourth-order valence-electron chi connectivity index (χ4n) is 3.64. The lowest BCUT2D eigenvalue weighted by Crippen LogP contribution is -2.16. The van der Waals surface area contributed by atoms with Gasteiger partial charge >= 0.3 is 5.97 Å². The lowest BCUT2D eigenvalue weighted by atomic mass is 9.85. The highest BCUT2D eigenvalue weighted by molar-refractivity contribution is 6.01. The second kappa shape index (κ2) is 11.1. The number of hydrogen-bond donors (Lipinski definition) is 0. The molecule has 0 radical (unpaired) electrons. The highest BCUT2D eigenvalue weighted by Crippen LogP contribution is 2.30. The van der Waals surface area contributed by atoms with E-state index in [4.69, 9.17) is 14.2 Å². The molecule has 0 aromatic heterocycles. The van der Waals surface area contributed by atoms with Crippen LogP contribution in [-0.2, 0) is 16.1 Å². The quantitative estimate of drug-likeness (QED) is 0.313. The molecule has 0 aliphatic carbocycles. The molecule has 32 heavy (non-hydrogen) atoms. The highest BCUT2D eigenvalue weighted by atomic mass is 16.5. The molecule has 0 aliphatic heterocycles. The van der Waals surface area contributed by atoms with Crippen LogP contribution in [0, 0.1) is 6.92 Å². The lowest BCUT2D eigenvalue weighted by molar-refractivity contribution is -0.140. The normalized spacial score (nSPS) is 11.5. The van der Waals surface area contributed by atoms with E-state index in [1.807, 2.05) is 67.6 Å². The smallest absolute Gasteiger partial charge is 0.305 e. The number of benzene rings is 3. The number of Topliss-reactive ketones (excluding diaryl/α,β-unsaturated/α-hetero) is 1. The Kier molecular flexibility index (Phi) is 8.03. The molecule has 3 aromatic rings. The summed E-state index contributed by atoms with van der Waals surface area (Å²) in [6, 6.07) is 22.6. The molecule has 166 valence electrons. The highest BCUT2D eigenvalue weighted by Gasteiger charge is 2.24. The van der Waals surface area contributed by atoms with Crippen molar-refractivity contribution < 1.29 is 23.8 Å². The monoisotopic (exact) mass is 432 g/mol. The first-order valence-corrected chi connectivity index (χ1v) is 10.5. The van der Waals surface area contributed by atoms with Gasteiger partial charge in [0.25, 0.3) is 0 Å². The number of ketones is 1. The molecule has 1 unspecified atom stereocenters. The number of ether oxygens (including phenoxy) is 3. The Morgan fingerprint density at radius 2 is 1.62 bits per heavy atom. The zero-order valence-electron chi connectivity index (χ0n) is 18.7. The predicted molar refractivity (Wildman–Crippen MR) is 123 cm³/mol. The van der Waals surface area contributed by atoms with Crippen LogP contribution in [0.4, 0.5) is 0 Å². The van der Waals surface area contributed by atoms with E-state index >= 15 is 0 Å². The average molecular weight is 433 g/mol. The number of esters is 1. The molecule has 5 heteroatoms. The molecule has 0 fully saturated rings. The van der Waals surface area contributed by atoms with Gasteiger partial charge in [0.15, 0.2) is 5.78 Å². The van der Waals surface area contributed by atoms with Crippen molar-refractivity contribution in [3.8, 4) is 11.5 Å². The van der Waals surface area contributed by atoms with E-state index in [0.29, 0.717) is 24.3 Å². The van der Waals surface area contributed by atoms with Crippen LogP contribution in [0.15, 0.2) is 72.8 Å². The lowest BCUT2D eigenvalue weighted by Gasteiger charge is -2.18. The molecule has 0 amide bonds. The fraction of sp³-hybridized carbons (Fsp3) is 0.259. The molecule has 0 aliphatic rings. The van der Waals surface area contributed by atoms with Gasteiger partial charge in [-0.2, -0.15) is 0 Å². The first kappa shape index (κ1) is 23.1. The molecule has 0 bridgehead atoms. The van der Waals surface area contributed by atoms with Crippen molar-refractivity contribution in [2.75, 3.05) is 14.2 Å². The van der Waals surface area contributed by atoms with E-state index in [1.165, 1.54) is 7.11 Å². The van der Waals surface area contributed by atoms with Crippen LogP contribution in [0.25, 0.3) is 0 Å². The molecule has 3 rings (SSSR count). The van der Waals surface area contributed by atoms with Crippen LogP contribution < -0.4 is 9.47 Å². The molecule has 0 N–H and O–H groups in total. The van der Waals surface area contributed by atoms with Crippen molar-refractivity contribution in [2.45, 2.75) is 32.3 Å². The topological polar surface area (TPSA) is 61.8 Å². The second-order valence-corrected chi connectivity index (χ2v) is 7.56. The third-order valence-electron chi connectivity index (χ3n) is 5.40. The van der Waals surface area contributed by atoms with Gasteiger partial charge in [0.2, 0.25) is 0 Å². The Morgan fingerprint density at radius 1 is 0.875 bits per heavy atom. The number of methoxy groups -OCH3 is 2. The van der Waals surface area contributed by atoms with Crippen LogP contribution in [0.1, 0.15) is 45.8 Å². The van der Waals surface area contributed by atoms with Crippen LogP contribution in [0.2, 0.25) is 0 Å². The minimum absolute atomic E-state index is 0.0463. The van der Waals surface area contributed by atoms with Gasteiger partial charge in [0, 0.05) is 17.9 Å². The van der Waals surface area contributed by atoms with Crippen molar-refractivity contribution in [3.63, 3.8) is 0 Å². The maximum atomic E-state index is 13.5. The number of carbonyl (C=O) groups is 2. The minimum atomic E-state index is -0.441. The number of hydrogen-bond acceptors (Lipinski definition) is 5. The molecule has 0 heterocycles. The van der Waals surface area contributed by atoms with E-state index in [0.717, 1.165) is 22.4 Å². The van der Waals surface area contributed by atoms with Gasteiger partial charge in [0.05, 0.1) is 14.2 Å². The van der Waals surface area contributed by atoms with E-state index in [9.17, 15) is 9.59 Å². The summed E-state index contributed by atoms with van der Waals surface area (Å²) in [6.45, 7) is 2.33. The van der Waals surface area contributed by atoms with Gasteiger partial charge in [-0.05, 0) is 54.3 Å². The fourth-order valence-corrected chi connectivity index (χ4v) is 3.64. The van der Waals surface area contributed by atoms with Gasteiger partial charge in [-0.3, -0.25) is 9.59 Å². The SMILES string of the molecule is COC(=O)CCC(C(=O)c1cccc(OCc2cccc(OC)c2)c1)c1ccccc1C. The van der Waals surface area contributed by atoms with Gasteiger partial charge < -0.3 is 14.2 Å². The standard InChI is InChI=1S/C27H28O5/c1-19-8-4-5-13-24(19)25(14-15-26(28)31-3)27(29)21-10-7-12-23(17-21)32-18-20-9-6-11-22(16-20)30-2/h4-13,16-17,25H,14-15,18H2,1-3H3. The van der Waals surface area contributed by atoms with E-state index in [1.54, 1.807) is 19.2 Å². The Balaban J connectivity index is 1.80. The van der Waals surface area contributed by atoms with Crippen LogP contribution in [0.3, 0.4) is 0 Å². The Morgan fingerprint density at radius 3 is 2.38 bits per heavy atom. The predicted octanol–water partition coefficient (Wildman–Crippen LogP) is 5.50. The van der Waals surface area contributed by atoms with Crippen LogP contribution in [-0.4, -0.2) is 26.0 Å². The van der Waals surface area contributed by atoms with E-state index in [2.05, 4.69) is 0 Å². The van der Waals surface area contributed by atoms with Crippen molar-refractivity contribution in [1.82, 2.24) is 0 Å². The number of rotatable bonds is 10. The zero-order chi connectivity index (χ0) is 22.9. The molecule has 1 atom stereocenters. The summed E-state index contributed by atoms with van der Waals surface area (Å²) < 4.78 is 16.0. The van der Waals surface area contributed by atoms with E-state index < -0.39 is 5.92 Å². The minimum Gasteiger partial charge on any atom is -0.497 e. The summed E-state index contributed by atoms with van der Waals surface area (Å²) in [4.78, 5) is 25.2. The maximum absolute atomic E-state index is 13.5. The Labute approximate surface area is 188 Å². The molecular formula is C27H28O5. The largest absolute Gasteiger partial charge is 0.497 e. The summed E-state index contributed by atoms with van der Waals surface area (Å²) in [5.74, 6) is 0.558. The summed E-state index contributed by atoms with van der Waals surface area (Å²) in [7, 11) is 2.98. The maximum Gasteiger partial charge on any atom is 0.305 e. The van der Waals surface area contributed by atoms with Crippen LogP contribution in [0.5, 0.6) is 11.5 Å². The van der Waals surface area contributed by atoms with Crippen molar-refractivity contribution in [3.05, 3.63) is 95.1 Å². The molecule has 3 aromatic carbocycles. The number of aryl methyl sites for hydroxylation is 1. The van der Waals surface area contributed by atoms with Gasteiger partial charge in [-0.25, -0.2) is 0 Å². The van der Waals surface area contributed by atoms with Gasteiger partial charge in [-0.15, -0.1) is 0 Å². The van der Waals surface area contributed by atoms with Crippen molar-refractivity contribution >= 4 is 11.8 Å². The molecule has 0 saturated heterocycles. The van der Waals surface area contributed by atoms with E-state index in [-0.39, 0.29) is 18.2 Å². The summed E-state index contributed by atoms with van der Waals surface area (Å²) in [5.41, 5.74) is 3.45. The summed E-state index contributed by atoms with van der Waals surface area (Å²) in [5, 5.41) is 0. The third-order valence-corrected chi connectivity index (χ3v) is 5.40. The first-order chi connectivity index (χ1) is 15.5. The van der Waals surface area contributed by atoms with Gasteiger partial charge in [-0.1, -0.05) is 48.5 Å².